The molecule has 1 atom stereocenters. The summed E-state index contributed by atoms with van der Waals surface area (Å²) in [5.74, 6) is 0.0162. The van der Waals surface area contributed by atoms with Gasteiger partial charge >= 0.3 is 0 Å². The third-order valence-electron chi connectivity index (χ3n) is 5.59. The topological polar surface area (TPSA) is 90.9 Å². The van der Waals surface area contributed by atoms with Crippen molar-refractivity contribution < 1.29 is 18.0 Å². The molecule has 2 saturated heterocycles. The zero-order valence-corrected chi connectivity index (χ0v) is 17.6. The number of anilines is 1. The highest BCUT2D eigenvalue weighted by Crippen LogP contribution is 2.29. The minimum Gasteiger partial charge on any atom is -0.353 e. The molecule has 0 spiro atoms. The monoisotopic (exact) mass is 428 g/mol. The summed E-state index contributed by atoms with van der Waals surface area (Å²) < 4.78 is 27.0. The highest BCUT2D eigenvalue weighted by molar-refractivity contribution is 7.89. The van der Waals surface area contributed by atoms with Crippen LogP contribution < -0.4 is 4.90 Å². The molecule has 8 nitrogen and oxygen atoms in total. The van der Waals surface area contributed by atoms with E-state index in [9.17, 15) is 18.0 Å². The Labute approximate surface area is 176 Å². The molecular formula is C21H24N4O4S. The Balaban J connectivity index is 1.49. The van der Waals surface area contributed by atoms with E-state index in [4.69, 9.17) is 0 Å². The Bertz CT molecular complexity index is 1030. The predicted molar refractivity (Wildman–Crippen MR) is 111 cm³/mol. The van der Waals surface area contributed by atoms with Crippen molar-refractivity contribution in [2.45, 2.75) is 30.7 Å². The number of piperazine rings is 1. The molecule has 0 bridgehead atoms. The molecule has 4 rings (SSSR count). The SMILES string of the molecule is Cc1ccc(S(=O)(=O)N2C(=O)CC[C@H]2C(=O)N2CCN(c3ccccn3)CC2)cc1. The van der Waals surface area contributed by atoms with Gasteiger partial charge in [-0.05, 0) is 37.6 Å². The molecule has 2 aromatic rings. The van der Waals surface area contributed by atoms with Gasteiger partial charge in [-0.25, -0.2) is 17.7 Å². The van der Waals surface area contributed by atoms with E-state index in [-0.39, 0.29) is 23.6 Å². The van der Waals surface area contributed by atoms with Crippen LogP contribution in [0.4, 0.5) is 5.82 Å². The van der Waals surface area contributed by atoms with Crippen molar-refractivity contribution in [1.29, 1.82) is 0 Å². The first kappa shape index (κ1) is 20.3. The van der Waals surface area contributed by atoms with Crippen molar-refractivity contribution >= 4 is 27.7 Å². The van der Waals surface area contributed by atoms with Gasteiger partial charge in [0.25, 0.3) is 10.0 Å². The van der Waals surface area contributed by atoms with Crippen molar-refractivity contribution in [1.82, 2.24) is 14.2 Å². The zero-order valence-electron chi connectivity index (χ0n) is 16.8. The number of hydrogen-bond donors (Lipinski definition) is 0. The van der Waals surface area contributed by atoms with E-state index in [1.54, 1.807) is 23.2 Å². The largest absolute Gasteiger partial charge is 0.353 e. The average Bonchev–Trinajstić information content (AvgIpc) is 3.16. The summed E-state index contributed by atoms with van der Waals surface area (Å²) in [7, 11) is -4.08. The number of hydrogen-bond acceptors (Lipinski definition) is 6. The lowest BCUT2D eigenvalue weighted by atomic mass is 10.2. The molecule has 2 aliphatic rings. The van der Waals surface area contributed by atoms with Gasteiger partial charge in [0.15, 0.2) is 0 Å². The van der Waals surface area contributed by atoms with Gasteiger partial charge in [0.1, 0.15) is 11.9 Å². The van der Waals surface area contributed by atoms with Crippen LogP contribution in [0.5, 0.6) is 0 Å². The summed E-state index contributed by atoms with van der Waals surface area (Å²) in [6, 6.07) is 11.0. The molecule has 2 fully saturated rings. The predicted octanol–water partition coefficient (Wildman–Crippen LogP) is 1.42. The smallest absolute Gasteiger partial charge is 0.267 e. The van der Waals surface area contributed by atoms with Crippen LogP contribution in [0.3, 0.4) is 0 Å². The Morgan fingerprint density at radius 2 is 1.73 bits per heavy atom. The molecule has 158 valence electrons. The van der Waals surface area contributed by atoms with E-state index in [1.165, 1.54) is 12.1 Å². The normalized spacial score (nSPS) is 20.0. The number of carbonyl (C=O) groups excluding carboxylic acids is 2. The van der Waals surface area contributed by atoms with Crippen molar-refractivity contribution in [3.8, 4) is 0 Å². The van der Waals surface area contributed by atoms with Crippen molar-refractivity contribution in [3.05, 3.63) is 54.2 Å². The second-order valence-corrected chi connectivity index (χ2v) is 9.38. The number of sulfonamides is 1. The maximum Gasteiger partial charge on any atom is 0.267 e. The summed E-state index contributed by atoms with van der Waals surface area (Å²) in [6.45, 7) is 3.98. The summed E-state index contributed by atoms with van der Waals surface area (Å²) in [4.78, 5) is 33.7. The van der Waals surface area contributed by atoms with Crippen LogP contribution >= 0.6 is 0 Å². The molecular weight excluding hydrogens is 404 g/mol. The third-order valence-corrected chi connectivity index (χ3v) is 7.43. The molecule has 2 aliphatic heterocycles. The average molecular weight is 429 g/mol. The van der Waals surface area contributed by atoms with Crippen LogP contribution in [0.15, 0.2) is 53.6 Å². The molecule has 0 unspecified atom stereocenters. The third kappa shape index (κ3) is 3.77. The second-order valence-electron chi connectivity index (χ2n) is 7.56. The van der Waals surface area contributed by atoms with Gasteiger partial charge in [0.05, 0.1) is 4.90 Å². The first-order valence-electron chi connectivity index (χ1n) is 9.96. The molecule has 9 heteroatoms. The fraction of sp³-hybridized carbons (Fsp3) is 0.381. The van der Waals surface area contributed by atoms with Crippen LogP contribution in [0.25, 0.3) is 0 Å². The Morgan fingerprint density at radius 1 is 1.03 bits per heavy atom. The first-order valence-corrected chi connectivity index (χ1v) is 11.4. The lowest BCUT2D eigenvalue weighted by Crippen LogP contribution is -2.55. The van der Waals surface area contributed by atoms with Crippen molar-refractivity contribution in [2.24, 2.45) is 0 Å². The molecule has 0 aliphatic carbocycles. The Hall–Kier alpha value is -2.94. The van der Waals surface area contributed by atoms with E-state index >= 15 is 0 Å². The molecule has 3 heterocycles. The van der Waals surface area contributed by atoms with E-state index in [1.807, 2.05) is 25.1 Å². The maximum atomic E-state index is 13.2. The minimum absolute atomic E-state index is 0.0288. The summed E-state index contributed by atoms with van der Waals surface area (Å²) in [6.07, 6.45) is 1.99. The van der Waals surface area contributed by atoms with Gasteiger partial charge in [0.2, 0.25) is 11.8 Å². The van der Waals surface area contributed by atoms with Gasteiger partial charge in [-0.2, -0.15) is 0 Å². The van der Waals surface area contributed by atoms with E-state index < -0.39 is 22.0 Å². The van der Waals surface area contributed by atoms with E-state index in [0.717, 1.165) is 15.7 Å². The minimum atomic E-state index is -4.08. The van der Waals surface area contributed by atoms with Crippen LogP contribution in [-0.4, -0.2) is 66.6 Å². The number of carbonyl (C=O) groups is 2. The van der Waals surface area contributed by atoms with Gasteiger partial charge in [-0.1, -0.05) is 23.8 Å². The highest BCUT2D eigenvalue weighted by atomic mass is 32.2. The number of nitrogens with zero attached hydrogens (tertiary/aromatic N) is 4. The van der Waals surface area contributed by atoms with E-state index in [0.29, 0.717) is 26.2 Å². The number of rotatable bonds is 4. The molecule has 1 aromatic carbocycles. The van der Waals surface area contributed by atoms with Gasteiger partial charge in [0, 0.05) is 38.8 Å². The Morgan fingerprint density at radius 3 is 2.37 bits per heavy atom. The summed E-state index contributed by atoms with van der Waals surface area (Å²) in [5, 5.41) is 0. The second kappa shape index (κ2) is 8.06. The van der Waals surface area contributed by atoms with Crippen LogP contribution in [0, 0.1) is 6.92 Å². The first-order chi connectivity index (χ1) is 14.4. The molecule has 1 aromatic heterocycles. The van der Waals surface area contributed by atoms with Crippen LogP contribution in [0.2, 0.25) is 0 Å². The number of aryl methyl sites for hydroxylation is 1. The van der Waals surface area contributed by atoms with Crippen LogP contribution in [0.1, 0.15) is 18.4 Å². The highest BCUT2D eigenvalue weighted by Gasteiger charge is 2.45. The molecule has 30 heavy (non-hydrogen) atoms. The number of amides is 2. The van der Waals surface area contributed by atoms with Gasteiger partial charge in [-0.3, -0.25) is 9.59 Å². The number of benzene rings is 1. The summed E-state index contributed by atoms with van der Waals surface area (Å²) in [5.41, 5.74) is 0.917. The zero-order chi connectivity index (χ0) is 21.3. The van der Waals surface area contributed by atoms with Crippen molar-refractivity contribution in [3.63, 3.8) is 0 Å². The molecule has 0 radical (unpaired) electrons. The summed E-state index contributed by atoms with van der Waals surface area (Å²) >= 11 is 0. The van der Waals surface area contributed by atoms with Crippen LogP contribution in [-0.2, 0) is 19.6 Å². The molecule has 2 amide bonds. The lowest BCUT2D eigenvalue weighted by Gasteiger charge is -2.37. The molecule has 0 saturated carbocycles. The standard InChI is InChI=1S/C21H24N4O4S/c1-16-5-7-17(8-6-16)30(28,29)25-18(9-10-20(25)26)21(27)24-14-12-23(13-15-24)19-4-2-3-11-22-19/h2-8,11,18H,9-10,12-15H2,1H3/t18-/m0/s1. The maximum absolute atomic E-state index is 13.2. The van der Waals surface area contributed by atoms with Gasteiger partial charge < -0.3 is 9.80 Å². The Kier molecular flexibility index (Phi) is 5.46. The number of pyridine rings is 1. The van der Waals surface area contributed by atoms with E-state index in [2.05, 4.69) is 9.88 Å². The fourth-order valence-electron chi connectivity index (χ4n) is 3.92. The number of aromatic nitrogens is 1. The quantitative estimate of drug-likeness (QED) is 0.732. The fourth-order valence-corrected chi connectivity index (χ4v) is 5.52. The van der Waals surface area contributed by atoms with Crippen molar-refractivity contribution in [2.75, 3.05) is 31.1 Å². The molecule has 0 N–H and O–H groups in total. The van der Waals surface area contributed by atoms with Gasteiger partial charge in [-0.15, -0.1) is 0 Å². The lowest BCUT2D eigenvalue weighted by molar-refractivity contribution is -0.138.